The largest absolute Gasteiger partial charge is 0.449 e. The van der Waals surface area contributed by atoms with Crippen LogP contribution in [0, 0.1) is 10.1 Å². The van der Waals surface area contributed by atoms with E-state index in [9.17, 15) is 19.7 Å². The Morgan fingerprint density at radius 1 is 1.15 bits per heavy atom. The van der Waals surface area contributed by atoms with Crippen molar-refractivity contribution in [3.63, 3.8) is 0 Å². The molecule has 0 fully saturated rings. The van der Waals surface area contributed by atoms with Gasteiger partial charge in [-0.25, -0.2) is 4.79 Å². The summed E-state index contributed by atoms with van der Waals surface area (Å²) in [5.41, 5.74) is 0.927. The number of hydrogen-bond acceptors (Lipinski definition) is 6. The molecule has 1 N–H and O–H groups in total. The van der Waals surface area contributed by atoms with Gasteiger partial charge in [-0.1, -0.05) is 18.2 Å². The highest BCUT2D eigenvalue weighted by atomic mass is 16.6. The number of esters is 1. The van der Waals surface area contributed by atoms with Crippen LogP contribution >= 0.6 is 0 Å². The molecule has 2 aromatic carbocycles. The van der Waals surface area contributed by atoms with E-state index < -0.39 is 22.9 Å². The number of carbonyl (C=O) groups excluding carboxylic acids is 2. The van der Waals surface area contributed by atoms with Gasteiger partial charge in [-0.2, -0.15) is 0 Å². The summed E-state index contributed by atoms with van der Waals surface area (Å²) in [5, 5.41) is 13.4. The average Bonchev–Trinajstić information content (AvgIpc) is 2.61. The molecule has 0 aliphatic heterocycles. The van der Waals surface area contributed by atoms with Crippen LogP contribution in [0.2, 0.25) is 0 Å². The Bertz CT molecular complexity index is 835. The molecule has 0 unspecified atom stereocenters. The van der Waals surface area contributed by atoms with Gasteiger partial charge in [-0.15, -0.1) is 0 Å². The summed E-state index contributed by atoms with van der Waals surface area (Å²) < 4.78 is 5.17. The van der Waals surface area contributed by atoms with E-state index in [2.05, 4.69) is 5.32 Å². The molecule has 1 amide bonds. The standard InChI is InChI=1S/C18H19N3O5/c1-12(17(22)19-15-9-4-5-10-16(15)21(24)25)26-18(23)13-7-6-8-14(11-13)20(2)3/h4-12H,1-3H3,(H,19,22)/t12-/m1/s1. The van der Waals surface area contributed by atoms with E-state index in [1.807, 2.05) is 25.1 Å². The molecule has 26 heavy (non-hydrogen) atoms. The first-order valence-electron chi connectivity index (χ1n) is 7.82. The lowest BCUT2D eigenvalue weighted by molar-refractivity contribution is -0.383. The summed E-state index contributed by atoms with van der Waals surface area (Å²) in [6, 6.07) is 12.5. The number of hydrogen-bond donors (Lipinski definition) is 1. The van der Waals surface area contributed by atoms with Crippen molar-refractivity contribution in [3.8, 4) is 0 Å². The first-order valence-corrected chi connectivity index (χ1v) is 7.82. The maximum atomic E-state index is 12.2. The van der Waals surface area contributed by atoms with Crippen LogP contribution in [0.4, 0.5) is 17.1 Å². The Morgan fingerprint density at radius 2 is 1.85 bits per heavy atom. The Kier molecular flexibility index (Phi) is 5.90. The van der Waals surface area contributed by atoms with E-state index in [1.165, 1.54) is 25.1 Å². The van der Waals surface area contributed by atoms with Gasteiger partial charge in [0.15, 0.2) is 6.10 Å². The first-order chi connectivity index (χ1) is 12.3. The van der Waals surface area contributed by atoms with Gasteiger partial charge < -0.3 is 15.0 Å². The smallest absolute Gasteiger partial charge is 0.338 e. The molecule has 0 heterocycles. The van der Waals surface area contributed by atoms with Crippen molar-refractivity contribution in [2.75, 3.05) is 24.3 Å². The zero-order valence-corrected chi connectivity index (χ0v) is 14.6. The van der Waals surface area contributed by atoms with Crippen LogP contribution in [0.25, 0.3) is 0 Å². The molecular weight excluding hydrogens is 338 g/mol. The Hall–Kier alpha value is -3.42. The van der Waals surface area contributed by atoms with E-state index in [0.29, 0.717) is 5.56 Å². The van der Waals surface area contributed by atoms with Crippen LogP contribution < -0.4 is 10.2 Å². The number of para-hydroxylation sites is 2. The van der Waals surface area contributed by atoms with Gasteiger partial charge in [0, 0.05) is 25.8 Å². The molecule has 0 aliphatic carbocycles. The number of rotatable bonds is 6. The summed E-state index contributed by atoms with van der Waals surface area (Å²) in [7, 11) is 3.68. The summed E-state index contributed by atoms with van der Waals surface area (Å²) in [6.45, 7) is 1.40. The summed E-state index contributed by atoms with van der Waals surface area (Å²) in [4.78, 5) is 36.7. The topological polar surface area (TPSA) is 102 Å². The van der Waals surface area contributed by atoms with Crippen molar-refractivity contribution in [2.24, 2.45) is 0 Å². The summed E-state index contributed by atoms with van der Waals surface area (Å²) >= 11 is 0. The Balaban J connectivity index is 2.06. The number of ether oxygens (including phenoxy) is 1. The maximum absolute atomic E-state index is 12.2. The van der Waals surface area contributed by atoms with Crippen LogP contribution in [0.5, 0.6) is 0 Å². The predicted molar refractivity (Wildman–Crippen MR) is 97.4 cm³/mol. The monoisotopic (exact) mass is 357 g/mol. The highest BCUT2D eigenvalue weighted by Gasteiger charge is 2.22. The molecule has 0 saturated heterocycles. The highest BCUT2D eigenvalue weighted by Crippen LogP contribution is 2.23. The molecule has 0 aliphatic rings. The fraction of sp³-hybridized carbons (Fsp3) is 0.222. The van der Waals surface area contributed by atoms with Gasteiger partial charge in [0.2, 0.25) is 0 Å². The van der Waals surface area contributed by atoms with E-state index in [4.69, 9.17) is 4.74 Å². The van der Waals surface area contributed by atoms with Gasteiger partial charge in [0.05, 0.1) is 10.5 Å². The van der Waals surface area contributed by atoms with Gasteiger partial charge in [-0.05, 0) is 31.2 Å². The lowest BCUT2D eigenvalue weighted by atomic mass is 10.2. The van der Waals surface area contributed by atoms with Crippen LogP contribution in [0.1, 0.15) is 17.3 Å². The van der Waals surface area contributed by atoms with Crippen molar-refractivity contribution >= 4 is 28.9 Å². The third-order valence-corrected chi connectivity index (χ3v) is 3.61. The van der Waals surface area contributed by atoms with E-state index >= 15 is 0 Å². The minimum absolute atomic E-state index is 0.0417. The van der Waals surface area contributed by atoms with Gasteiger partial charge >= 0.3 is 5.97 Å². The number of nitrogens with zero attached hydrogens (tertiary/aromatic N) is 2. The molecular formula is C18H19N3O5. The van der Waals surface area contributed by atoms with Crippen LogP contribution in [0.15, 0.2) is 48.5 Å². The molecule has 0 spiro atoms. The fourth-order valence-electron chi connectivity index (χ4n) is 2.17. The third kappa shape index (κ3) is 4.56. The molecule has 0 saturated carbocycles. The Labute approximate surface area is 150 Å². The lowest BCUT2D eigenvalue weighted by Gasteiger charge is -2.15. The summed E-state index contributed by atoms with van der Waals surface area (Å²) in [6.07, 6.45) is -1.12. The third-order valence-electron chi connectivity index (χ3n) is 3.61. The zero-order valence-electron chi connectivity index (χ0n) is 14.6. The van der Waals surface area contributed by atoms with Crippen LogP contribution in [-0.4, -0.2) is 37.0 Å². The molecule has 0 radical (unpaired) electrons. The van der Waals surface area contributed by atoms with Crippen LogP contribution in [-0.2, 0) is 9.53 Å². The number of amides is 1. The van der Waals surface area contributed by atoms with Gasteiger partial charge in [0.1, 0.15) is 5.69 Å². The zero-order chi connectivity index (χ0) is 19.3. The minimum atomic E-state index is -1.12. The van der Waals surface area contributed by atoms with Crippen molar-refractivity contribution in [3.05, 3.63) is 64.2 Å². The normalized spacial score (nSPS) is 11.3. The number of nitro groups is 1. The van der Waals surface area contributed by atoms with Gasteiger partial charge in [-0.3, -0.25) is 14.9 Å². The van der Waals surface area contributed by atoms with Crippen LogP contribution in [0.3, 0.4) is 0 Å². The molecule has 8 nitrogen and oxygen atoms in total. The van der Waals surface area contributed by atoms with Crippen molar-refractivity contribution in [2.45, 2.75) is 13.0 Å². The van der Waals surface area contributed by atoms with Crippen molar-refractivity contribution in [1.82, 2.24) is 0 Å². The maximum Gasteiger partial charge on any atom is 0.338 e. The molecule has 1 atom stereocenters. The molecule has 136 valence electrons. The van der Waals surface area contributed by atoms with Gasteiger partial charge in [0.25, 0.3) is 11.6 Å². The van der Waals surface area contributed by atoms with Crippen molar-refractivity contribution < 1.29 is 19.2 Å². The number of nitrogens with one attached hydrogen (secondary N) is 1. The first kappa shape index (κ1) is 18.9. The molecule has 8 heteroatoms. The van der Waals surface area contributed by atoms with E-state index in [0.717, 1.165) is 5.69 Å². The summed E-state index contributed by atoms with van der Waals surface area (Å²) in [5.74, 6) is -1.31. The highest BCUT2D eigenvalue weighted by molar-refractivity contribution is 5.98. The lowest BCUT2D eigenvalue weighted by Crippen LogP contribution is -2.30. The van der Waals surface area contributed by atoms with E-state index in [1.54, 1.807) is 24.3 Å². The number of benzene rings is 2. The molecule has 0 aromatic heterocycles. The quantitative estimate of drug-likeness (QED) is 0.484. The predicted octanol–water partition coefficient (Wildman–Crippen LogP) is 2.84. The molecule has 2 aromatic rings. The SMILES string of the molecule is C[C@@H](OC(=O)c1cccc(N(C)C)c1)C(=O)Nc1ccccc1[N+](=O)[O-]. The fourth-order valence-corrected chi connectivity index (χ4v) is 2.17. The second-order valence-electron chi connectivity index (χ2n) is 5.76. The second-order valence-corrected chi connectivity index (χ2v) is 5.76. The number of carbonyl (C=O) groups is 2. The Morgan fingerprint density at radius 3 is 2.50 bits per heavy atom. The molecule has 2 rings (SSSR count). The average molecular weight is 357 g/mol. The van der Waals surface area contributed by atoms with E-state index in [-0.39, 0.29) is 11.4 Å². The number of anilines is 2. The number of nitro benzene ring substituents is 1. The minimum Gasteiger partial charge on any atom is -0.449 e. The second kappa shape index (κ2) is 8.11. The van der Waals surface area contributed by atoms with Crippen molar-refractivity contribution in [1.29, 1.82) is 0 Å². The molecule has 0 bridgehead atoms.